The van der Waals surface area contributed by atoms with Crippen LogP contribution >= 0.6 is 0 Å². The molecule has 2 aromatic carbocycles. The van der Waals surface area contributed by atoms with Crippen LogP contribution in [0.15, 0.2) is 30.3 Å². The lowest BCUT2D eigenvalue weighted by molar-refractivity contribution is -0.137. The Bertz CT molecular complexity index is 1300. The lowest BCUT2D eigenvalue weighted by Gasteiger charge is -2.36. The molecule has 0 amide bonds. The molecule has 10 heteroatoms. The molecular formula is C27H34F3N5O2. The Morgan fingerprint density at radius 1 is 1.11 bits per heavy atom. The van der Waals surface area contributed by atoms with Crippen LogP contribution in [0.5, 0.6) is 11.5 Å². The van der Waals surface area contributed by atoms with Gasteiger partial charge in [0.2, 0.25) is 0 Å². The van der Waals surface area contributed by atoms with Gasteiger partial charge in [-0.1, -0.05) is 0 Å². The highest BCUT2D eigenvalue weighted by atomic mass is 19.4. The Hall–Kier alpha value is -3.27. The number of alkyl halides is 3. The fourth-order valence-corrected chi connectivity index (χ4v) is 5.12. The van der Waals surface area contributed by atoms with Crippen LogP contribution in [0.1, 0.15) is 56.6 Å². The minimum atomic E-state index is -4.50. The van der Waals surface area contributed by atoms with Crippen molar-refractivity contribution in [3.8, 4) is 11.5 Å². The molecule has 1 fully saturated rings. The van der Waals surface area contributed by atoms with Gasteiger partial charge in [0.1, 0.15) is 17.2 Å². The second-order valence-electron chi connectivity index (χ2n) is 10.2. The molecule has 1 aliphatic rings. The number of methoxy groups -OCH3 is 1. The summed E-state index contributed by atoms with van der Waals surface area (Å²) < 4.78 is 52.3. The number of anilines is 2. The minimum absolute atomic E-state index is 0.0433. The third kappa shape index (κ3) is 5.69. The van der Waals surface area contributed by atoms with Crippen LogP contribution in [-0.4, -0.2) is 47.2 Å². The number of nitrogens with zero attached hydrogens (tertiary/aromatic N) is 3. The number of nitrogens with two attached hydrogens (primary N) is 1. The number of rotatable bonds is 7. The Balaban J connectivity index is 1.73. The molecule has 0 bridgehead atoms. The van der Waals surface area contributed by atoms with Gasteiger partial charge in [0.15, 0.2) is 11.5 Å². The summed E-state index contributed by atoms with van der Waals surface area (Å²) in [5.41, 5.74) is 5.57. The van der Waals surface area contributed by atoms with Crippen molar-refractivity contribution in [1.82, 2.24) is 14.9 Å². The summed E-state index contributed by atoms with van der Waals surface area (Å²) in [6.45, 7) is 8.67. The van der Waals surface area contributed by atoms with Gasteiger partial charge in [-0.25, -0.2) is 9.97 Å². The Labute approximate surface area is 215 Å². The largest absolute Gasteiger partial charge is 0.493 e. The number of hydrogen-bond donors (Lipinski definition) is 2. The molecule has 37 heavy (non-hydrogen) atoms. The standard InChI is InChI=1S/C27H34F3N5O2/c1-15(17-10-18(27(28,29)30)12-19(31)11-17)32-25-20-13-23(22(36-6)14-21(20)33-16(2)34-25)37-26(3,4)24-8-7-9-35(24)5/h10-15,24H,7-9,31H2,1-6H3,(H,32,33,34)/t15-,24+/m1/s1. The van der Waals surface area contributed by atoms with Crippen LogP contribution in [-0.2, 0) is 6.18 Å². The number of fused-ring (bicyclic) bond motifs is 1. The first-order valence-electron chi connectivity index (χ1n) is 12.3. The number of hydrogen-bond acceptors (Lipinski definition) is 7. The van der Waals surface area contributed by atoms with Crippen molar-refractivity contribution in [1.29, 1.82) is 0 Å². The molecule has 1 saturated heterocycles. The summed E-state index contributed by atoms with van der Waals surface area (Å²) in [4.78, 5) is 11.4. The average molecular weight is 518 g/mol. The first-order chi connectivity index (χ1) is 17.3. The lowest BCUT2D eigenvalue weighted by Crippen LogP contribution is -2.48. The van der Waals surface area contributed by atoms with E-state index < -0.39 is 23.4 Å². The summed E-state index contributed by atoms with van der Waals surface area (Å²) in [6, 6.07) is 6.92. The van der Waals surface area contributed by atoms with Crippen molar-refractivity contribution in [2.45, 2.75) is 64.4 Å². The number of halogens is 3. The first kappa shape index (κ1) is 26.8. The third-order valence-corrected chi connectivity index (χ3v) is 6.95. The molecule has 4 rings (SSSR count). The van der Waals surface area contributed by atoms with E-state index in [2.05, 4.69) is 41.1 Å². The second-order valence-corrected chi connectivity index (χ2v) is 10.2. The summed E-state index contributed by atoms with van der Waals surface area (Å²) in [6.07, 6.45) is -2.35. The number of likely N-dealkylation sites (N-methyl/N-ethyl adjacent to an activating group) is 1. The Kier molecular flexibility index (Phi) is 7.16. The van der Waals surface area contributed by atoms with Gasteiger partial charge in [-0.05, 0) is 84.0 Å². The van der Waals surface area contributed by atoms with Gasteiger partial charge in [0, 0.05) is 23.2 Å². The van der Waals surface area contributed by atoms with Gasteiger partial charge in [-0.2, -0.15) is 13.2 Å². The topological polar surface area (TPSA) is 85.5 Å². The van der Waals surface area contributed by atoms with Gasteiger partial charge in [-0.3, -0.25) is 4.90 Å². The van der Waals surface area contributed by atoms with E-state index in [1.165, 1.54) is 6.07 Å². The summed E-state index contributed by atoms with van der Waals surface area (Å²) in [5.74, 6) is 2.08. The van der Waals surface area contributed by atoms with E-state index in [-0.39, 0.29) is 11.7 Å². The predicted molar refractivity (Wildman–Crippen MR) is 139 cm³/mol. The lowest BCUT2D eigenvalue weighted by atomic mass is 9.96. The van der Waals surface area contributed by atoms with Crippen molar-refractivity contribution in [3.05, 3.63) is 47.3 Å². The molecule has 0 spiro atoms. The highest BCUT2D eigenvalue weighted by Gasteiger charge is 2.38. The van der Waals surface area contributed by atoms with E-state index in [0.717, 1.165) is 31.5 Å². The van der Waals surface area contributed by atoms with Crippen LogP contribution < -0.4 is 20.5 Å². The molecule has 1 aliphatic heterocycles. The number of aryl methyl sites for hydroxylation is 1. The zero-order chi connectivity index (χ0) is 27.1. The minimum Gasteiger partial charge on any atom is -0.493 e. The molecule has 0 saturated carbocycles. The zero-order valence-electron chi connectivity index (χ0n) is 22.0. The van der Waals surface area contributed by atoms with Crippen molar-refractivity contribution in [3.63, 3.8) is 0 Å². The van der Waals surface area contributed by atoms with Gasteiger partial charge in [-0.15, -0.1) is 0 Å². The molecular weight excluding hydrogens is 483 g/mol. The number of nitrogens with one attached hydrogen (secondary N) is 1. The van der Waals surface area contributed by atoms with E-state index in [1.54, 1.807) is 27.0 Å². The first-order valence-corrected chi connectivity index (χ1v) is 12.3. The third-order valence-electron chi connectivity index (χ3n) is 6.95. The van der Waals surface area contributed by atoms with E-state index >= 15 is 0 Å². The molecule has 2 heterocycles. The number of aromatic nitrogens is 2. The van der Waals surface area contributed by atoms with Gasteiger partial charge >= 0.3 is 6.18 Å². The fourth-order valence-electron chi connectivity index (χ4n) is 5.12. The number of ether oxygens (including phenoxy) is 2. The molecule has 3 N–H and O–H groups in total. The van der Waals surface area contributed by atoms with E-state index in [0.29, 0.717) is 39.6 Å². The highest BCUT2D eigenvalue weighted by molar-refractivity contribution is 5.92. The van der Waals surface area contributed by atoms with Crippen molar-refractivity contribution in [2.75, 3.05) is 31.8 Å². The Morgan fingerprint density at radius 2 is 1.84 bits per heavy atom. The normalized spacial score (nSPS) is 17.7. The maximum atomic E-state index is 13.4. The average Bonchev–Trinajstić information content (AvgIpc) is 3.24. The van der Waals surface area contributed by atoms with Gasteiger partial charge in [0.05, 0.1) is 24.2 Å². The molecule has 7 nitrogen and oxygen atoms in total. The van der Waals surface area contributed by atoms with Crippen LogP contribution in [0.4, 0.5) is 24.7 Å². The van der Waals surface area contributed by atoms with E-state index in [4.69, 9.17) is 15.2 Å². The molecule has 0 aliphatic carbocycles. The van der Waals surface area contributed by atoms with Gasteiger partial charge in [0.25, 0.3) is 0 Å². The summed E-state index contributed by atoms with van der Waals surface area (Å²) in [5, 5.41) is 3.93. The van der Waals surface area contributed by atoms with Gasteiger partial charge < -0.3 is 20.5 Å². The van der Waals surface area contributed by atoms with Crippen LogP contribution in [0.2, 0.25) is 0 Å². The summed E-state index contributed by atoms with van der Waals surface area (Å²) >= 11 is 0. The predicted octanol–water partition coefficient (Wildman–Crippen LogP) is 5.97. The molecule has 2 atom stereocenters. The second kappa shape index (κ2) is 9.89. The Morgan fingerprint density at radius 3 is 2.46 bits per heavy atom. The number of likely N-dealkylation sites (tertiary alicyclic amines) is 1. The highest BCUT2D eigenvalue weighted by Crippen LogP contribution is 2.40. The number of benzene rings is 2. The molecule has 0 radical (unpaired) electrons. The van der Waals surface area contributed by atoms with Crippen LogP contribution in [0, 0.1) is 6.92 Å². The van der Waals surface area contributed by atoms with Crippen LogP contribution in [0.3, 0.4) is 0 Å². The molecule has 1 aromatic heterocycles. The SMILES string of the molecule is COc1cc2nc(C)nc(N[C@H](C)c3cc(N)cc(C(F)(F)F)c3)c2cc1OC(C)(C)[C@@H]1CCCN1C. The number of nitrogen functional groups attached to an aromatic ring is 1. The molecule has 0 unspecified atom stereocenters. The van der Waals surface area contributed by atoms with E-state index in [1.807, 2.05) is 6.07 Å². The molecule has 200 valence electrons. The zero-order valence-corrected chi connectivity index (χ0v) is 22.0. The van der Waals surface area contributed by atoms with E-state index in [9.17, 15) is 13.2 Å². The summed E-state index contributed by atoms with van der Waals surface area (Å²) in [7, 11) is 3.68. The van der Waals surface area contributed by atoms with Crippen molar-refractivity contribution >= 4 is 22.4 Å². The fraction of sp³-hybridized carbons (Fsp3) is 0.481. The quantitative estimate of drug-likeness (QED) is 0.373. The molecule has 3 aromatic rings. The maximum Gasteiger partial charge on any atom is 0.416 e. The maximum absolute atomic E-state index is 13.4. The smallest absolute Gasteiger partial charge is 0.416 e. The van der Waals surface area contributed by atoms with Crippen LogP contribution in [0.25, 0.3) is 10.9 Å². The van der Waals surface area contributed by atoms with Crippen molar-refractivity contribution in [2.24, 2.45) is 0 Å². The monoisotopic (exact) mass is 517 g/mol. The van der Waals surface area contributed by atoms with Crippen molar-refractivity contribution < 1.29 is 22.6 Å².